The van der Waals surface area contributed by atoms with Gasteiger partial charge in [0.1, 0.15) is 5.82 Å². The van der Waals surface area contributed by atoms with E-state index in [1.54, 1.807) is 13.0 Å². The fourth-order valence-corrected chi connectivity index (χ4v) is 3.06. The van der Waals surface area contributed by atoms with Crippen molar-refractivity contribution in [2.24, 2.45) is 4.99 Å². The van der Waals surface area contributed by atoms with Gasteiger partial charge in [-0.1, -0.05) is 12.1 Å². The second-order valence-corrected chi connectivity index (χ2v) is 7.06. The van der Waals surface area contributed by atoms with Crippen LogP contribution in [0.25, 0.3) is 0 Å². The molecule has 1 aromatic carbocycles. The molecule has 0 aliphatic carbocycles. The van der Waals surface area contributed by atoms with E-state index in [1.807, 2.05) is 6.07 Å². The molecule has 7 heteroatoms. The standard InChI is InChI=1S/C20H34FN5.HI/c1-4-22-20(24-16-18-7-8-19(21)17(2)15-18)23-9-5-6-10-26-13-11-25(3)12-14-26;/h7-8,15H,4-6,9-14,16H2,1-3H3,(H2,22,23,24);1H. The molecule has 0 spiro atoms. The zero-order valence-electron chi connectivity index (χ0n) is 16.9. The largest absolute Gasteiger partial charge is 0.357 e. The minimum atomic E-state index is -0.164. The molecule has 1 saturated heterocycles. The molecule has 0 bridgehead atoms. The van der Waals surface area contributed by atoms with Crippen LogP contribution in [0.3, 0.4) is 0 Å². The van der Waals surface area contributed by atoms with Crippen molar-refractivity contribution in [1.29, 1.82) is 0 Å². The van der Waals surface area contributed by atoms with Crippen molar-refractivity contribution in [2.75, 3.05) is 52.9 Å². The van der Waals surface area contributed by atoms with Crippen LogP contribution in [0.15, 0.2) is 23.2 Å². The molecule has 1 aromatic rings. The molecule has 0 radical (unpaired) electrons. The van der Waals surface area contributed by atoms with Gasteiger partial charge in [0, 0.05) is 39.3 Å². The molecule has 2 N–H and O–H groups in total. The number of aliphatic imine (C=N–C) groups is 1. The minimum absolute atomic E-state index is 0. The summed E-state index contributed by atoms with van der Waals surface area (Å²) in [5, 5.41) is 6.67. The van der Waals surface area contributed by atoms with E-state index in [0.29, 0.717) is 12.1 Å². The summed E-state index contributed by atoms with van der Waals surface area (Å²) in [6.07, 6.45) is 2.33. The minimum Gasteiger partial charge on any atom is -0.357 e. The van der Waals surface area contributed by atoms with Gasteiger partial charge in [0.2, 0.25) is 0 Å². The van der Waals surface area contributed by atoms with Gasteiger partial charge in [-0.25, -0.2) is 9.38 Å². The summed E-state index contributed by atoms with van der Waals surface area (Å²) in [6, 6.07) is 5.17. The summed E-state index contributed by atoms with van der Waals surface area (Å²) < 4.78 is 13.3. The summed E-state index contributed by atoms with van der Waals surface area (Å²) in [6.45, 7) is 12.1. The van der Waals surface area contributed by atoms with Crippen molar-refractivity contribution in [1.82, 2.24) is 20.4 Å². The number of hydrogen-bond donors (Lipinski definition) is 2. The highest BCUT2D eigenvalue weighted by atomic mass is 127. The lowest BCUT2D eigenvalue weighted by Gasteiger charge is -2.32. The molecule has 5 nitrogen and oxygen atoms in total. The third kappa shape index (κ3) is 9.21. The Kier molecular flexibility index (Phi) is 11.9. The topological polar surface area (TPSA) is 42.9 Å². The normalized spacial score (nSPS) is 16.1. The summed E-state index contributed by atoms with van der Waals surface area (Å²) in [5.41, 5.74) is 1.69. The lowest BCUT2D eigenvalue weighted by atomic mass is 10.1. The first kappa shape index (κ1) is 24.1. The number of nitrogens with zero attached hydrogens (tertiary/aromatic N) is 3. The molecule has 1 fully saturated rings. The van der Waals surface area contributed by atoms with Crippen molar-refractivity contribution in [2.45, 2.75) is 33.2 Å². The molecule has 1 aliphatic rings. The van der Waals surface area contributed by atoms with Gasteiger partial charge in [-0.05, 0) is 57.5 Å². The zero-order chi connectivity index (χ0) is 18.8. The van der Waals surface area contributed by atoms with Gasteiger partial charge in [-0.3, -0.25) is 0 Å². The maximum atomic E-state index is 13.3. The zero-order valence-corrected chi connectivity index (χ0v) is 19.3. The average Bonchev–Trinajstić information content (AvgIpc) is 2.63. The smallest absolute Gasteiger partial charge is 0.191 e. The fraction of sp³-hybridized carbons (Fsp3) is 0.650. The monoisotopic (exact) mass is 491 g/mol. The first-order valence-corrected chi connectivity index (χ1v) is 9.76. The number of rotatable bonds is 8. The molecule has 0 aromatic heterocycles. The van der Waals surface area contributed by atoms with Crippen LogP contribution in [-0.2, 0) is 6.54 Å². The fourth-order valence-electron chi connectivity index (χ4n) is 3.06. The van der Waals surface area contributed by atoms with E-state index in [-0.39, 0.29) is 29.8 Å². The van der Waals surface area contributed by atoms with Crippen molar-refractivity contribution in [3.63, 3.8) is 0 Å². The van der Waals surface area contributed by atoms with Crippen molar-refractivity contribution >= 4 is 29.9 Å². The Bertz CT molecular complexity index is 573. The van der Waals surface area contributed by atoms with Crippen molar-refractivity contribution in [3.8, 4) is 0 Å². The van der Waals surface area contributed by atoms with Crippen LogP contribution in [-0.4, -0.2) is 68.6 Å². The molecular weight excluding hydrogens is 456 g/mol. The number of piperazine rings is 1. The second-order valence-electron chi connectivity index (χ2n) is 7.06. The Labute approximate surface area is 180 Å². The van der Waals surface area contributed by atoms with Crippen LogP contribution in [0.5, 0.6) is 0 Å². The van der Waals surface area contributed by atoms with Crippen LogP contribution < -0.4 is 10.6 Å². The Balaban J connectivity index is 0.00000364. The first-order chi connectivity index (χ1) is 12.6. The van der Waals surface area contributed by atoms with Gasteiger partial charge in [-0.2, -0.15) is 0 Å². The lowest BCUT2D eigenvalue weighted by molar-refractivity contribution is 0.152. The maximum absolute atomic E-state index is 13.3. The van der Waals surface area contributed by atoms with Crippen LogP contribution in [0, 0.1) is 12.7 Å². The molecule has 0 amide bonds. The Morgan fingerprint density at radius 1 is 1.15 bits per heavy atom. The number of guanidine groups is 1. The predicted octanol–water partition coefficient (Wildman–Crippen LogP) is 2.83. The number of hydrogen-bond acceptors (Lipinski definition) is 3. The van der Waals surface area contributed by atoms with Crippen LogP contribution in [0.1, 0.15) is 30.9 Å². The third-order valence-electron chi connectivity index (χ3n) is 4.78. The van der Waals surface area contributed by atoms with Crippen molar-refractivity contribution in [3.05, 3.63) is 35.1 Å². The second kappa shape index (κ2) is 13.3. The van der Waals surface area contributed by atoms with Gasteiger partial charge in [0.05, 0.1) is 6.54 Å². The van der Waals surface area contributed by atoms with Crippen LogP contribution in [0.4, 0.5) is 4.39 Å². The molecule has 0 atom stereocenters. The summed E-state index contributed by atoms with van der Waals surface area (Å²) in [5.74, 6) is 0.664. The Morgan fingerprint density at radius 2 is 1.89 bits per heavy atom. The highest BCUT2D eigenvalue weighted by Crippen LogP contribution is 2.10. The molecule has 154 valence electrons. The number of unbranched alkanes of at least 4 members (excludes halogenated alkanes) is 1. The van der Waals surface area contributed by atoms with Gasteiger partial charge >= 0.3 is 0 Å². The predicted molar refractivity (Wildman–Crippen MR) is 123 cm³/mol. The highest BCUT2D eigenvalue weighted by molar-refractivity contribution is 14.0. The summed E-state index contributed by atoms with van der Waals surface area (Å²) in [4.78, 5) is 9.55. The summed E-state index contributed by atoms with van der Waals surface area (Å²) in [7, 11) is 2.19. The number of nitrogens with one attached hydrogen (secondary N) is 2. The number of aryl methyl sites for hydroxylation is 1. The van der Waals surface area contributed by atoms with Gasteiger partial charge < -0.3 is 20.4 Å². The van der Waals surface area contributed by atoms with E-state index in [1.165, 1.54) is 45.2 Å². The van der Waals surface area contributed by atoms with E-state index in [2.05, 4.69) is 39.4 Å². The third-order valence-corrected chi connectivity index (χ3v) is 4.78. The van der Waals surface area contributed by atoms with E-state index in [4.69, 9.17) is 0 Å². The number of likely N-dealkylation sites (N-methyl/N-ethyl adjacent to an activating group) is 1. The quantitative estimate of drug-likeness (QED) is 0.254. The van der Waals surface area contributed by atoms with E-state index in [0.717, 1.165) is 31.0 Å². The SMILES string of the molecule is CCNC(=NCc1ccc(F)c(C)c1)NCCCCN1CCN(C)CC1.I. The molecule has 1 heterocycles. The highest BCUT2D eigenvalue weighted by Gasteiger charge is 2.12. The van der Waals surface area contributed by atoms with Crippen LogP contribution >= 0.6 is 24.0 Å². The lowest BCUT2D eigenvalue weighted by Crippen LogP contribution is -2.44. The molecule has 0 saturated carbocycles. The number of benzene rings is 1. The molecular formula is C20H35FIN5. The Morgan fingerprint density at radius 3 is 2.56 bits per heavy atom. The van der Waals surface area contributed by atoms with Crippen LogP contribution in [0.2, 0.25) is 0 Å². The van der Waals surface area contributed by atoms with Crippen molar-refractivity contribution < 1.29 is 4.39 Å². The maximum Gasteiger partial charge on any atom is 0.191 e. The molecule has 0 unspecified atom stereocenters. The Hall–Kier alpha value is -0.930. The number of halogens is 2. The molecule has 1 aliphatic heterocycles. The molecule has 27 heavy (non-hydrogen) atoms. The van der Waals surface area contributed by atoms with Gasteiger partial charge in [0.25, 0.3) is 0 Å². The van der Waals surface area contributed by atoms with E-state index in [9.17, 15) is 4.39 Å². The van der Waals surface area contributed by atoms with Gasteiger partial charge in [0.15, 0.2) is 5.96 Å². The average molecular weight is 491 g/mol. The van der Waals surface area contributed by atoms with E-state index >= 15 is 0 Å². The molecule has 2 rings (SSSR count). The van der Waals surface area contributed by atoms with E-state index < -0.39 is 0 Å². The van der Waals surface area contributed by atoms with Gasteiger partial charge in [-0.15, -0.1) is 24.0 Å². The first-order valence-electron chi connectivity index (χ1n) is 9.76. The summed E-state index contributed by atoms with van der Waals surface area (Å²) >= 11 is 0.